The Balaban J connectivity index is 2.77. The number of hydrogen-bond donors (Lipinski definition) is 0. The summed E-state index contributed by atoms with van der Waals surface area (Å²) in [5.41, 5.74) is 3.37. The van der Waals surface area contributed by atoms with E-state index in [1.54, 1.807) is 5.80 Å². The summed E-state index contributed by atoms with van der Waals surface area (Å²) < 4.78 is 10.4. The Hall–Kier alpha value is -0.420. The van der Waals surface area contributed by atoms with Crippen LogP contribution in [0.25, 0.3) is 0 Å². The van der Waals surface area contributed by atoms with Crippen molar-refractivity contribution in [3.8, 4) is 0 Å². The van der Waals surface area contributed by atoms with Gasteiger partial charge in [-0.05, 0) is 0 Å². The Labute approximate surface area is 107 Å². The summed E-state index contributed by atoms with van der Waals surface area (Å²) >= 11 is 0. The van der Waals surface area contributed by atoms with Gasteiger partial charge in [0.05, 0.1) is 0 Å². The molecule has 1 rings (SSSR count). The van der Waals surface area contributed by atoms with E-state index in [-0.39, 0.29) is 8.08 Å². The van der Waals surface area contributed by atoms with E-state index in [9.17, 15) is 4.57 Å². The van der Waals surface area contributed by atoms with E-state index < -0.39 is 0 Å². The summed E-state index contributed by atoms with van der Waals surface area (Å²) in [7, 11) is 0.148. The summed E-state index contributed by atoms with van der Waals surface area (Å²) in [5, 5.41) is 0. The monoisotopic (exact) mass is 251 g/mol. The van der Waals surface area contributed by atoms with E-state index in [0.29, 0.717) is 11.3 Å². The standard InChI is InChI=1S/C15H24OP/c1-12(9-11-17-16)7-8-14-13(2)6-5-10-15(14,3)4/h7-8,11-12H,5-6,9-10H2,1-4H3/q+1/b8-7+. The van der Waals surface area contributed by atoms with Gasteiger partial charge in [0, 0.05) is 0 Å². The molecule has 0 N–H and O–H groups in total. The van der Waals surface area contributed by atoms with Crippen LogP contribution in [0, 0.1) is 11.3 Å². The Kier molecular flexibility index (Phi) is 5.59. The topological polar surface area (TPSA) is 17.1 Å². The molecule has 0 amide bonds. The number of hydrogen-bond acceptors (Lipinski definition) is 1. The van der Waals surface area contributed by atoms with Crippen molar-refractivity contribution in [1.82, 2.24) is 0 Å². The van der Waals surface area contributed by atoms with Crippen molar-refractivity contribution in [2.45, 2.75) is 53.4 Å². The van der Waals surface area contributed by atoms with Crippen LogP contribution in [0.3, 0.4) is 0 Å². The van der Waals surface area contributed by atoms with E-state index in [0.717, 1.165) is 6.42 Å². The third kappa shape index (κ3) is 4.39. The van der Waals surface area contributed by atoms with Crippen LogP contribution in [-0.4, -0.2) is 5.80 Å². The van der Waals surface area contributed by atoms with Gasteiger partial charge in [0.25, 0.3) is 0 Å². The minimum atomic E-state index is 0.148. The summed E-state index contributed by atoms with van der Waals surface area (Å²) in [6.45, 7) is 9.10. The van der Waals surface area contributed by atoms with Gasteiger partial charge in [-0.25, -0.2) is 0 Å². The number of allylic oxidation sites excluding steroid dienone is 4. The van der Waals surface area contributed by atoms with Crippen LogP contribution >= 0.6 is 8.08 Å². The fourth-order valence-electron chi connectivity index (χ4n) is 2.56. The second-order valence-corrected chi connectivity index (χ2v) is 6.37. The molecular formula is C15H24OP+. The quantitative estimate of drug-likeness (QED) is 0.628. The van der Waals surface area contributed by atoms with Gasteiger partial charge in [0.1, 0.15) is 0 Å². The van der Waals surface area contributed by atoms with Crippen LogP contribution in [0.15, 0.2) is 23.3 Å². The van der Waals surface area contributed by atoms with Crippen molar-refractivity contribution in [1.29, 1.82) is 0 Å². The predicted molar refractivity (Wildman–Crippen MR) is 76.9 cm³/mol. The molecule has 0 spiro atoms. The zero-order valence-corrected chi connectivity index (χ0v) is 12.4. The van der Waals surface area contributed by atoms with Crippen LogP contribution in [0.5, 0.6) is 0 Å². The van der Waals surface area contributed by atoms with Crippen molar-refractivity contribution in [3.63, 3.8) is 0 Å². The van der Waals surface area contributed by atoms with Crippen molar-refractivity contribution in [2.75, 3.05) is 0 Å². The first-order valence-electron chi connectivity index (χ1n) is 6.50. The van der Waals surface area contributed by atoms with E-state index in [1.165, 1.54) is 30.4 Å². The number of rotatable bonds is 4. The SMILES string of the molecule is CC1=C(/C=C/C(C)CC=[P+]=O)C(C)(C)CCC1. The Morgan fingerprint density at radius 1 is 1.47 bits per heavy atom. The van der Waals surface area contributed by atoms with Gasteiger partial charge in [0.15, 0.2) is 0 Å². The molecule has 0 saturated heterocycles. The summed E-state index contributed by atoms with van der Waals surface area (Å²) in [4.78, 5) is 0. The molecule has 1 unspecified atom stereocenters. The maximum absolute atomic E-state index is 10.4. The van der Waals surface area contributed by atoms with Crippen LogP contribution in [0.1, 0.15) is 53.4 Å². The zero-order chi connectivity index (χ0) is 12.9. The van der Waals surface area contributed by atoms with Crippen molar-refractivity contribution < 1.29 is 4.57 Å². The Bertz CT molecular complexity index is 370. The van der Waals surface area contributed by atoms with E-state index >= 15 is 0 Å². The molecule has 0 bridgehead atoms. The first-order valence-corrected chi connectivity index (χ1v) is 7.38. The second-order valence-electron chi connectivity index (χ2n) is 5.79. The molecule has 0 aromatic rings. The second kappa shape index (κ2) is 6.50. The molecule has 0 heterocycles. The molecule has 1 aliphatic rings. The first-order chi connectivity index (χ1) is 7.97. The molecule has 1 aliphatic carbocycles. The first kappa shape index (κ1) is 14.6. The van der Waals surface area contributed by atoms with Gasteiger partial charge in [-0.15, -0.1) is 0 Å². The fourth-order valence-corrected chi connectivity index (χ4v) is 2.98. The van der Waals surface area contributed by atoms with Gasteiger partial charge in [-0.3, -0.25) is 0 Å². The molecule has 1 atom stereocenters. The molecule has 0 aromatic heterocycles. The van der Waals surface area contributed by atoms with Gasteiger partial charge in [-0.2, -0.15) is 0 Å². The Morgan fingerprint density at radius 3 is 2.76 bits per heavy atom. The zero-order valence-electron chi connectivity index (χ0n) is 11.5. The molecule has 0 fully saturated rings. The van der Waals surface area contributed by atoms with Gasteiger partial charge >= 0.3 is 106 Å². The van der Waals surface area contributed by atoms with E-state index in [1.807, 2.05) is 0 Å². The molecule has 0 saturated carbocycles. The molecule has 17 heavy (non-hydrogen) atoms. The molecule has 94 valence electrons. The van der Waals surface area contributed by atoms with Gasteiger partial charge in [-0.1, -0.05) is 0 Å². The van der Waals surface area contributed by atoms with Crippen molar-refractivity contribution >= 4 is 13.9 Å². The van der Waals surface area contributed by atoms with Crippen molar-refractivity contribution in [3.05, 3.63) is 23.3 Å². The molecule has 0 radical (unpaired) electrons. The third-order valence-corrected chi connectivity index (χ3v) is 4.05. The average Bonchev–Trinajstić information content (AvgIpc) is 2.24. The predicted octanol–water partition coefficient (Wildman–Crippen LogP) is 5.19. The molecular weight excluding hydrogens is 227 g/mol. The van der Waals surface area contributed by atoms with Crippen LogP contribution in [0.2, 0.25) is 0 Å². The summed E-state index contributed by atoms with van der Waals surface area (Å²) in [5.74, 6) is 2.26. The Morgan fingerprint density at radius 2 is 2.18 bits per heavy atom. The molecule has 0 aromatic carbocycles. The third-order valence-electron chi connectivity index (χ3n) is 3.69. The molecule has 2 heteroatoms. The van der Waals surface area contributed by atoms with E-state index in [4.69, 9.17) is 0 Å². The van der Waals surface area contributed by atoms with Crippen LogP contribution < -0.4 is 0 Å². The summed E-state index contributed by atoms with van der Waals surface area (Å²) in [6.07, 6.45) is 9.28. The fraction of sp³-hybridized carbons (Fsp3) is 0.667. The van der Waals surface area contributed by atoms with Gasteiger partial charge in [0.2, 0.25) is 0 Å². The van der Waals surface area contributed by atoms with Crippen LogP contribution in [0.4, 0.5) is 0 Å². The summed E-state index contributed by atoms with van der Waals surface area (Å²) in [6, 6.07) is 0. The maximum atomic E-state index is 10.4. The average molecular weight is 251 g/mol. The van der Waals surface area contributed by atoms with Gasteiger partial charge < -0.3 is 0 Å². The van der Waals surface area contributed by atoms with Crippen molar-refractivity contribution in [2.24, 2.45) is 11.3 Å². The molecule has 0 aliphatic heterocycles. The normalized spacial score (nSPS) is 21.6. The molecule has 1 nitrogen and oxygen atoms in total. The van der Waals surface area contributed by atoms with Crippen LogP contribution in [-0.2, 0) is 4.57 Å². The van der Waals surface area contributed by atoms with E-state index in [2.05, 4.69) is 39.8 Å². The minimum absolute atomic E-state index is 0.148.